The van der Waals surface area contributed by atoms with Crippen molar-refractivity contribution in [2.75, 3.05) is 26.2 Å². The fourth-order valence-electron chi connectivity index (χ4n) is 3.26. The lowest BCUT2D eigenvalue weighted by molar-refractivity contribution is -0.141. The molecule has 1 saturated carbocycles. The van der Waals surface area contributed by atoms with Crippen LogP contribution in [0.1, 0.15) is 37.9 Å². The van der Waals surface area contributed by atoms with Gasteiger partial charge in [0.2, 0.25) is 0 Å². The molecule has 2 aromatic rings. The number of benzene rings is 1. The van der Waals surface area contributed by atoms with Gasteiger partial charge in [-0.05, 0) is 31.9 Å². The second-order valence-electron chi connectivity index (χ2n) is 7.17. The van der Waals surface area contributed by atoms with Gasteiger partial charge < -0.3 is 24.2 Å². The average molecular weight is 400 g/mol. The van der Waals surface area contributed by atoms with Crippen molar-refractivity contribution >= 4 is 12.0 Å². The van der Waals surface area contributed by atoms with Gasteiger partial charge in [-0.3, -0.25) is 4.79 Å². The third-order valence-corrected chi connectivity index (χ3v) is 4.92. The van der Waals surface area contributed by atoms with Gasteiger partial charge in [0, 0.05) is 18.9 Å². The Morgan fingerprint density at radius 2 is 2.10 bits per heavy atom. The normalized spacial score (nSPS) is 18.5. The van der Waals surface area contributed by atoms with Crippen LogP contribution in [-0.2, 0) is 9.53 Å². The molecular weight excluding hydrogens is 376 g/mol. The fourth-order valence-corrected chi connectivity index (χ4v) is 3.26. The molecule has 9 nitrogen and oxygen atoms in total. The molecule has 0 spiro atoms. The zero-order chi connectivity index (χ0) is 20.2. The molecule has 2 fully saturated rings. The summed E-state index contributed by atoms with van der Waals surface area (Å²) in [5.74, 6) is 1.81. The highest BCUT2D eigenvalue weighted by molar-refractivity contribution is 5.81. The molecular formula is C20H24N4O5. The van der Waals surface area contributed by atoms with Crippen molar-refractivity contribution in [2.45, 2.75) is 38.2 Å². The molecule has 1 saturated heterocycles. The maximum Gasteiger partial charge on any atom is 0.325 e. The van der Waals surface area contributed by atoms with E-state index in [-0.39, 0.29) is 25.3 Å². The van der Waals surface area contributed by atoms with Gasteiger partial charge in [0.25, 0.3) is 5.89 Å². The van der Waals surface area contributed by atoms with Crippen molar-refractivity contribution in [1.29, 1.82) is 0 Å². The first-order chi connectivity index (χ1) is 14.1. The SMILES string of the molecule is CCOC(=O)CNC(=O)N1CCC(Oc2ccccc2-c2nc(C3CC3)no2)C1. The number of ether oxygens (including phenoxy) is 2. The lowest BCUT2D eigenvalue weighted by Crippen LogP contribution is -2.41. The summed E-state index contributed by atoms with van der Waals surface area (Å²) < 4.78 is 16.4. The van der Waals surface area contributed by atoms with Gasteiger partial charge in [-0.2, -0.15) is 4.98 Å². The number of esters is 1. The molecule has 154 valence electrons. The Labute approximate surface area is 168 Å². The van der Waals surface area contributed by atoms with Crippen molar-refractivity contribution in [1.82, 2.24) is 20.4 Å². The zero-order valence-electron chi connectivity index (χ0n) is 16.3. The number of aromatic nitrogens is 2. The van der Waals surface area contributed by atoms with Crippen LogP contribution in [0.3, 0.4) is 0 Å². The summed E-state index contributed by atoms with van der Waals surface area (Å²) in [6.07, 6.45) is 2.74. The average Bonchev–Trinajstić information content (AvgIpc) is 3.27. The van der Waals surface area contributed by atoms with E-state index in [4.69, 9.17) is 14.0 Å². The van der Waals surface area contributed by atoms with E-state index in [9.17, 15) is 9.59 Å². The van der Waals surface area contributed by atoms with Gasteiger partial charge in [-0.25, -0.2) is 4.79 Å². The lowest BCUT2D eigenvalue weighted by Gasteiger charge is -2.18. The van der Waals surface area contributed by atoms with Crippen molar-refractivity contribution in [3.05, 3.63) is 30.1 Å². The Hall–Kier alpha value is -3.10. The van der Waals surface area contributed by atoms with Crippen LogP contribution >= 0.6 is 0 Å². The molecule has 1 unspecified atom stereocenters. The number of urea groups is 1. The van der Waals surface area contributed by atoms with E-state index < -0.39 is 5.97 Å². The number of carbonyl (C=O) groups excluding carboxylic acids is 2. The minimum Gasteiger partial charge on any atom is -0.488 e. The molecule has 0 bridgehead atoms. The minimum atomic E-state index is -0.452. The van der Waals surface area contributed by atoms with Gasteiger partial charge in [0.1, 0.15) is 18.4 Å². The number of hydrogen-bond donors (Lipinski definition) is 1. The van der Waals surface area contributed by atoms with Crippen molar-refractivity contribution < 1.29 is 23.6 Å². The molecule has 29 heavy (non-hydrogen) atoms. The lowest BCUT2D eigenvalue weighted by atomic mass is 10.2. The Morgan fingerprint density at radius 1 is 1.28 bits per heavy atom. The smallest absolute Gasteiger partial charge is 0.325 e. The highest BCUT2D eigenvalue weighted by Gasteiger charge is 2.31. The maximum atomic E-state index is 12.2. The van der Waals surface area contributed by atoms with Crippen LogP contribution in [0, 0.1) is 0 Å². The third-order valence-electron chi connectivity index (χ3n) is 4.92. The first kappa shape index (κ1) is 19.2. The summed E-state index contributed by atoms with van der Waals surface area (Å²) in [6, 6.07) is 7.23. The van der Waals surface area contributed by atoms with Gasteiger partial charge in [0.15, 0.2) is 5.82 Å². The van der Waals surface area contributed by atoms with Crippen LogP contribution in [-0.4, -0.2) is 59.4 Å². The van der Waals surface area contributed by atoms with E-state index in [0.717, 1.165) is 24.2 Å². The van der Waals surface area contributed by atoms with E-state index in [1.54, 1.807) is 11.8 Å². The Bertz CT molecular complexity index is 879. The number of nitrogens with one attached hydrogen (secondary N) is 1. The Morgan fingerprint density at radius 3 is 2.90 bits per heavy atom. The molecule has 1 N–H and O–H groups in total. The van der Waals surface area contributed by atoms with Crippen molar-refractivity contribution in [3.63, 3.8) is 0 Å². The molecule has 1 aromatic carbocycles. The van der Waals surface area contributed by atoms with Gasteiger partial charge in [-0.1, -0.05) is 17.3 Å². The molecule has 2 amide bonds. The molecule has 1 aliphatic heterocycles. The fraction of sp³-hybridized carbons (Fsp3) is 0.500. The van der Waals surface area contributed by atoms with Crippen LogP contribution in [0.2, 0.25) is 0 Å². The summed E-state index contributed by atoms with van der Waals surface area (Å²) in [4.78, 5) is 29.7. The van der Waals surface area contributed by atoms with Gasteiger partial charge in [0.05, 0.1) is 18.7 Å². The van der Waals surface area contributed by atoms with Crippen molar-refractivity contribution in [3.8, 4) is 17.2 Å². The number of nitrogens with zero attached hydrogens (tertiary/aromatic N) is 3. The van der Waals surface area contributed by atoms with Crippen LogP contribution in [0.4, 0.5) is 4.79 Å². The quantitative estimate of drug-likeness (QED) is 0.711. The standard InChI is InChI=1S/C20H24N4O5/c1-2-27-17(25)11-21-20(26)24-10-9-14(12-24)28-16-6-4-3-5-15(16)19-22-18(23-29-19)13-7-8-13/h3-6,13-14H,2,7-12H2,1H3,(H,21,26). The Kier molecular flexibility index (Phi) is 5.64. The predicted molar refractivity (Wildman–Crippen MR) is 102 cm³/mol. The maximum absolute atomic E-state index is 12.2. The molecule has 4 rings (SSSR count). The predicted octanol–water partition coefficient (Wildman–Crippen LogP) is 2.34. The molecule has 1 aliphatic carbocycles. The van der Waals surface area contributed by atoms with Crippen LogP contribution in [0.5, 0.6) is 5.75 Å². The minimum absolute atomic E-state index is 0.141. The summed E-state index contributed by atoms with van der Waals surface area (Å²) >= 11 is 0. The number of likely N-dealkylation sites (tertiary alicyclic amines) is 1. The van der Waals surface area contributed by atoms with E-state index in [1.807, 2.05) is 24.3 Å². The first-order valence-electron chi connectivity index (χ1n) is 9.92. The third kappa shape index (κ3) is 4.67. The number of rotatable bonds is 7. The van der Waals surface area contributed by atoms with Crippen LogP contribution < -0.4 is 10.1 Å². The van der Waals surface area contributed by atoms with E-state index in [0.29, 0.717) is 37.1 Å². The topological polar surface area (TPSA) is 107 Å². The molecule has 1 atom stereocenters. The number of para-hydroxylation sites is 1. The molecule has 9 heteroatoms. The van der Waals surface area contributed by atoms with Crippen LogP contribution in [0.15, 0.2) is 28.8 Å². The molecule has 2 aliphatic rings. The summed E-state index contributed by atoms with van der Waals surface area (Å²) in [7, 11) is 0. The highest BCUT2D eigenvalue weighted by atomic mass is 16.5. The molecule has 0 radical (unpaired) electrons. The highest BCUT2D eigenvalue weighted by Crippen LogP contribution is 2.39. The summed E-state index contributed by atoms with van der Waals surface area (Å²) in [5.41, 5.74) is 0.747. The number of hydrogen-bond acceptors (Lipinski definition) is 7. The monoisotopic (exact) mass is 400 g/mol. The summed E-state index contributed by atoms with van der Waals surface area (Å²) in [6.45, 7) is 2.85. The number of carbonyl (C=O) groups is 2. The van der Waals surface area contributed by atoms with E-state index in [1.165, 1.54) is 0 Å². The molecule has 2 heterocycles. The van der Waals surface area contributed by atoms with Gasteiger partial charge >= 0.3 is 12.0 Å². The first-order valence-corrected chi connectivity index (χ1v) is 9.92. The largest absolute Gasteiger partial charge is 0.488 e. The number of amides is 2. The zero-order valence-corrected chi connectivity index (χ0v) is 16.3. The van der Waals surface area contributed by atoms with E-state index in [2.05, 4.69) is 15.5 Å². The second-order valence-corrected chi connectivity index (χ2v) is 7.17. The second kappa shape index (κ2) is 8.50. The Balaban J connectivity index is 1.35. The van der Waals surface area contributed by atoms with E-state index >= 15 is 0 Å². The van der Waals surface area contributed by atoms with Gasteiger partial charge in [-0.15, -0.1) is 0 Å². The molecule has 1 aromatic heterocycles. The van der Waals surface area contributed by atoms with Crippen molar-refractivity contribution in [2.24, 2.45) is 0 Å². The van der Waals surface area contributed by atoms with Crippen LogP contribution in [0.25, 0.3) is 11.5 Å². The summed E-state index contributed by atoms with van der Waals surface area (Å²) in [5, 5.41) is 6.64.